The van der Waals surface area contributed by atoms with Crippen LogP contribution in [-0.4, -0.2) is 54.9 Å². The average molecular weight is 455 g/mol. The standard InChI is InChI=1S/C28H42N2O3/c1-29-21-22-33-25-13-7-6-12-24(25)11-3-2-8-16-28(27(29)32)17-19-30(20-18-28)26(31)15-14-23-9-4-5-10-23/h6-7,12-13,23H,2-5,8-11,14-22H2,1H3. The minimum absolute atomic E-state index is 0.247. The lowest BCUT2D eigenvalue weighted by Gasteiger charge is -2.43. The van der Waals surface area contributed by atoms with Crippen LogP contribution in [-0.2, 0) is 16.0 Å². The van der Waals surface area contributed by atoms with E-state index in [0.717, 1.165) is 76.1 Å². The molecule has 0 N–H and O–H groups in total. The van der Waals surface area contributed by atoms with Crippen LogP contribution in [0.2, 0.25) is 0 Å². The highest BCUT2D eigenvalue weighted by atomic mass is 16.5. The Morgan fingerprint density at radius 2 is 1.76 bits per heavy atom. The van der Waals surface area contributed by atoms with Crippen LogP contribution >= 0.6 is 0 Å². The minimum Gasteiger partial charge on any atom is -0.491 e. The van der Waals surface area contributed by atoms with Gasteiger partial charge in [-0.3, -0.25) is 9.59 Å². The molecule has 182 valence electrons. The lowest BCUT2D eigenvalue weighted by Crippen LogP contribution is -2.51. The molecule has 2 heterocycles. The van der Waals surface area contributed by atoms with E-state index in [1.54, 1.807) is 0 Å². The van der Waals surface area contributed by atoms with Gasteiger partial charge in [0.1, 0.15) is 12.4 Å². The fourth-order valence-electron chi connectivity index (χ4n) is 6.15. The van der Waals surface area contributed by atoms with Crippen LogP contribution in [0.3, 0.4) is 0 Å². The predicted molar refractivity (Wildman–Crippen MR) is 131 cm³/mol. The summed E-state index contributed by atoms with van der Waals surface area (Å²) >= 11 is 0. The van der Waals surface area contributed by atoms with Crippen molar-refractivity contribution in [1.82, 2.24) is 9.80 Å². The molecule has 5 nitrogen and oxygen atoms in total. The quantitative estimate of drug-likeness (QED) is 0.629. The number of para-hydroxylation sites is 1. The largest absolute Gasteiger partial charge is 0.491 e. The van der Waals surface area contributed by atoms with Crippen molar-refractivity contribution >= 4 is 11.8 Å². The number of likely N-dealkylation sites (N-methyl/N-ethyl adjacent to an activating group) is 1. The molecular formula is C28H42N2O3. The highest BCUT2D eigenvalue weighted by Gasteiger charge is 2.43. The van der Waals surface area contributed by atoms with Crippen LogP contribution in [0.5, 0.6) is 5.75 Å². The molecule has 1 aliphatic carbocycles. The molecule has 5 heteroatoms. The smallest absolute Gasteiger partial charge is 0.228 e. The van der Waals surface area contributed by atoms with Gasteiger partial charge < -0.3 is 14.5 Å². The number of likely N-dealkylation sites (tertiary alicyclic amines) is 1. The summed E-state index contributed by atoms with van der Waals surface area (Å²) in [6.45, 7) is 2.57. The molecule has 0 unspecified atom stereocenters. The number of carbonyl (C=O) groups excluding carboxylic acids is 2. The van der Waals surface area contributed by atoms with Gasteiger partial charge in [0.05, 0.1) is 12.0 Å². The number of piperidine rings is 1. The van der Waals surface area contributed by atoms with Gasteiger partial charge in [0.15, 0.2) is 0 Å². The van der Waals surface area contributed by atoms with Crippen molar-refractivity contribution in [2.24, 2.45) is 11.3 Å². The fourth-order valence-corrected chi connectivity index (χ4v) is 6.15. The van der Waals surface area contributed by atoms with E-state index < -0.39 is 0 Å². The lowest BCUT2D eigenvalue weighted by atomic mass is 9.73. The number of ether oxygens (including phenoxy) is 1. The first kappa shape index (κ1) is 24.1. The molecule has 2 amide bonds. The molecule has 0 radical (unpaired) electrons. The molecule has 1 aromatic rings. The second-order valence-corrected chi connectivity index (χ2v) is 10.6. The number of aryl methyl sites for hydroxylation is 1. The van der Waals surface area contributed by atoms with E-state index in [2.05, 4.69) is 12.1 Å². The first-order valence-corrected chi connectivity index (χ1v) is 13.3. The Hall–Kier alpha value is -2.04. The van der Waals surface area contributed by atoms with Crippen molar-refractivity contribution in [3.63, 3.8) is 0 Å². The summed E-state index contributed by atoms with van der Waals surface area (Å²) in [6.07, 6.45) is 13.8. The van der Waals surface area contributed by atoms with E-state index in [4.69, 9.17) is 4.74 Å². The van der Waals surface area contributed by atoms with Gasteiger partial charge in [-0.05, 0) is 56.1 Å². The van der Waals surface area contributed by atoms with Crippen LogP contribution in [0.1, 0.15) is 82.6 Å². The van der Waals surface area contributed by atoms with Crippen LogP contribution in [0.25, 0.3) is 0 Å². The minimum atomic E-state index is -0.322. The molecule has 2 aliphatic heterocycles. The fraction of sp³-hybridized carbons (Fsp3) is 0.714. The zero-order chi connectivity index (χ0) is 23.1. The molecule has 0 bridgehead atoms. The number of hydrogen-bond acceptors (Lipinski definition) is 3. The van der Waals surface area contributed by atoms with E-state index in [0.29, 0.717) is 25.5 Å². The highest BCUT2D eigenvalue weighted by molar-refractivity contribution is 5.83. The van der Waals surface area contributed by atoms with Crippen LogP contribution < -0.4 is 4.74 Å². The summed E-state index contributed by atoms with van der Waals surface area (Å²) in [6, 6.07) is 8.29. The Morgan fingerprint density at radius 1 is 1.00 bits per heavy atom. The second kappa shape index (κ2) is 11.4. The van der Waals surface area contributed by atoms with Crippen LogP contribution in [0.4, 0.5) is 0 Å². The molecule has 1 saturated heterocycles. The van der Waals surface area contributed by atoms with E-state index in [1.807, 2.05) is 29.0 Å². The average Bonchev–Trinajstić information content (AvgIpc) is 3.36. The summed E-state index contributed by atoms with van der Waals surface area (Å²) in [5, 5.41) is 0. The van der Waals surface area contributed by atoms with Gasteiger partial charge in [-0.2, -0.15) is 0 Å². The van der Waals surface area contributed by atoms with Gasteiger partial charge in [-0.1, -0.05) is 56.7 Å². The van der Waals surface area contributed by atoms with E-state index in [9.17, 15) is 9.59 Å². The van der Waals surface area contributed by atoms with Gasteiger partial charge in [-0.15, -0.1) is 0 Å². The molecule has 33 heavy (non-hydrogen) atoms. The normalized spacial score (nSPS) is 22.8. The van der Waals surface area contributed by atoms with Crippen molar-refractivity contribution in [2.75, 3.05) is 33.3 Å². The molecule has 0 atom stereocenters. The second-order valence-electron chi connectivity index (χ2n) is 10.6. The molecule has 0 aromatic heterocycles. The molecule has 3 aliphatic rings. The Bertz CT molecular complexity index is 794. The maximum atomic E-state index is 13.6. The third-order valence-electron chi connectivity index (χ3n) is 8.37. The molecule has 1 spiro atoms. The van der Waals surface area contributed by atoms with Crippen molar-refractivity contribution in [1.29, 1.82) is 0 Å². The van der Waals surface area contributed by atoms with Crippen molar-refractivity contribution in [2.45, 2.75) is 83.5 Å². The van der Waals surface area contributed by atoms with E-state index in [1.165, 1.54) is 31.2 Å². The zero-order valence-corrected chi connectivity index (χ0v) is 20.5. The van der Waals surface area contributed by atoms with Gasteiger partial charge in [0, 0.05) is 26.6 Å². The summed E-state index contributed by atoms with van der Waals surface area (Å²) in [5.74, 6) is 2.26. The number of rotatable bonds is 3. The summed E-state index contributed by atoms with van der Waals surface area (Å²) in [7, 11) is 1.91. The van der Waals surface area contributed by atoms with Crippen LogP contribution in [0.15, 0.2) is 24.3 Å². The topological polar surface area (TPSA) is 49.9 Å². The maximum Gasteiger partial charge on any atom is 0.228 e. The number of fused-ring (bicyclic) bond motifs is 1. The number of carbonyl (C=O) groups is 2. The van der Waals surface area contributed by atoms with Gasteiger partial charge in [-0.25, -0.2) is 0 Å². The predicted octanol–water partition coefficient (Wildman–Crippen LogP) is 5.22. The number of amides is 2. The summed E-state index contributed by atoms with van der Waals surface area (Å²) in [4.78, 5) is 30.4. The molecule has 4 rings (SSSR count). The number of benzene rings is 1. The lowest BCUT2D eigenvalue weighted by molar-refractivity contribution is -0.148. The Morgan fingerprint density at radius 3 is 2.55 bits per heavy atom. The Kier molecular flexibility index (Phi) is 8.32. The van der Waals surface area contributed by atoms with Crippen molar-refractivity contribution in [3.05, 3.63) is 29.8 Å². The van der Waals surface area contributed by atoms with Gasteiger partial charge in [0.2, 0.25) is 11.8 Å². The Balaban J connectivity index is 1.35. The van der Waals surface area contributed by atoms with Crippen molar-refractivity contribution < 1.29 is 14.3 Å². The van der Waals surface area contributed by atoms with Gasteiger partial charge in [0.25, 0.3) is 0 Å². The summed E-state index contributed by atoms with van der Waals surface area (Å²) in [5.41, 5.74) is 0.947. The van der Waals surface area contributed by atoms with E-state index in [-0.39, 0.29) is 11.3 Å². The van der Waals surface area contributed by atoms with Gasteiger partial charge >= 0.3 is 0 Å². The number of hydrogen-bond donors (Lipinski definition) is 0. The first-order valence-electron chi connectivity index (χ1n) is 13.3. The highest BCUT2D eigenvalue weighted by Crippen LogP contribution is 2.39. The molecule has 2 fully saturated rings. The van der Waals surface area contributed by atoms with Crippen LogP contribution in [0, 0.1) is 11.3 Å². The third-order valence-corrected chi connectivity index (χ3v) is 8.37. The first-order chi connectivity index (χ1) is 16.1. The zero-order valence-electron chi connectivity index (χ0n) is 20.5. The Labute approximate surface area is 199 Å². The molecule has 1 saturated carbocycles. The monoisotopic (exact) mass is 454 g/mol. The SMILES string of the molecule is CN1CCOc2ccccc2CCCCCC2(CCN(C(=O)CCC3CCCC3)CC2)C1=O. The van der Waals surface area contributed by atoms with E-state index >= 15 is 0 Å². The third kappa shape index (κ3) is 6.10. The molecule has 1 aromatic carbocycles. The van der Waals surface area contributed by atoms with Crippen molar-refractivity contribution in [3.8, 4) is 5.75 Å². The molecular weight excluding hydrogens is 412 g/mol. The summed E-state index contributed by atoms with van der Waals surface area (Å²) < 4.78 is 6.07. The maximum absolute atomic E-state index is 13.6. The number of nitrogens with zero attached hydrogens (tertiary/aromatic N) is 2.